The van der Waals surface area contributed by atoms with Gasteiger partial charge in [0.2, 0.25) is 0 Å². The molecule has 1 fully saturated rings. The van der Waals surface area contributed by atoms with Gasteiger partial charge in [-0.3, -0.25) is 9.48 Å². The van der Waals surface area contributed by atoms with Crippen LogP contribution in [-0.4, -0.2) is 33.2 Å². The molecule has 0 spiro atoms. The Kier molecular flexibility index (Phi) is 3.36. The van der Waals surface area contributed by atoms with E-state index >= 15 is 0 Å². The first-order chi connectivity index (χ1) is 8.15. The van der Waals surface area contributed by atoms with Crippen LogP contribution in [0.2, 0.25) is 0 Å². The number of nitrogens with two attached hydrogens (primary N) is 1. The van der Waals surface area contributed by atoms with E-state index in [1.54, 1.807) is 11.7 Å². The van der Waals surface area contributed by atoms with Crippen LogP contribution in [0, 0.1) is 0 Å². The van der Waals surface area contributed by atoms with Gasteiger partial charge in [0.05, 0.1) is 11.9 Å². The molecule has 1 unspecified atom stereocenters. The highest BCUT2D eigenvalue weighted by molar-refractivity contribution is 5.97. The second-order valence-electron chi connectivity index (χ2n) is 4.63. The number of rotatable bonds is 2. The summed E-state index contributed by atoms with van der Waals surface area (Å²) in [6.07, 6.45) is 5.94. The zero-order valence-corrected chi connectivity index (χ0v) is 10.5. The van der Waals surface area contributed by atoms with Crippen LogP contribution in [0.3, 0.4) is 0 Å². The molecule has 0 aliphatic carbocycles. The zero-order chi connectivity index (χ0) is 12.4. The zero-order valence-electron chi connectivity index (χ0n) is 10.5. The number of anilines is 1. The van der Waals surface area contributed by atoms with Gasteiger partial charge < -0.3 is 10.6 Å². The quantitative estimate of drug-likeness (QED) is 0.844. The summed E-state index contributed by atoms with van der Waals surface area (Å²) in [5, 5.41) is 4.03. The third kappa shape index (κ3) is 2.14. The van der Waals surface area contributed by atoms with E-state index in [4.69, 9.17) is 5.73 Å². The minimum atomic E-state index is 0.0223. The summed E-state index contributed by atoms with van der Waals surface area (Å²) in [6, 6.07) is 0.352. The largest absolute Gasteiger partial charge is 0.396 e. The SMILES string of the molecule is CCC1CCCCN1C(=O)c1c(N)cnn1C. The number of hydrogen-bond donors (Lipinski definition) is 1. The summed E-state index contributed by atoms with van der Waals surface area (Å²) >= 11 is 0. The van der Waals surface area contributed by atoms with Crippen LogP contribution >= 0.6 is 0 Å². The molecule has 0 saturated carbocycles. The van der Waals surface area contributed by atoms with E-state index in [1.165, 1.54) is 12.6 Å². The van der Waals surface area contributed by atoms with Gasteiger partial charge in [0, 0.05) is 19.6 Å². The molecule has 94 valence electrons. The molecule has 1 saturated heterocycles. The number of nitrogen functional groups attached to an aromatic ring is 1. The average molecular weight is 236 g/mol. The lowest BCUT2D eigenvalue weighted by Gasteiger charge is -2.35. The fraction of sp³-hybridized carbons (Fsp3) is 0.667. The van der Waals surface area contributed by atoms with Gasteiger partial charge >= 0.3 is 0 Å². The Morgan fingerprint density at radius 3 is 2.94 bits per heavy atom. The summed E-state index contributed by atoms with van der Waals surface area (Å²) in [5.74, 6) is 0.0223. The fourth-order valence-electron chi connectivity index (χ4n) is 2.54. The normalized spacial score (nSPS) is 20.6. The van der Waals surface area contributed by atoms with Crippen molar-refractivity contribution in [3.63, 3.8) is 0 Å². The van der Waals surface area contributed by atoms with E-state index in [1.807, 2.05) is 4.90 Å². The third-order valence-electron chi connectivity index (χ3n) is 3.53. The standard InChI is InChI=1S/C12H20N4O/c1-3-9-6-4-5-7-16(9)12(17)11-10(13)8-14-15(11)2/h8-9H,3-7,13H2,1-2H3. The minimum Gasteiger partial charge on any atom is -0.396 e. The van der Waals surface area contributed by atoms with Gasteiger partial charge in [-0.2, -0.15) is 5.10 Å². The number of hydrogen-bond acceptors (Lipinski definition) is 3. The van der Waals surface area contributed by atoms with Crippen molar-refractivity contribution in [2.45, 2.75) is 38.6 Å². The number of aromatic nitrogens is 2. The van der Waals surface area contributed by atoms with Crippen molar-refractivity contribution in [2.24, 2.45) is 7.05 Å². The van der Waals surface area contributed by atoms with Crippen LogP contribution in [0.15, 0.2) is 6.20 Å². The maximum Gasteiger partial charge on any atom is 0.274 e. The van der Waals surface area contributed by atoms with Crippen molar-refractivity contribution in [3.05, 3.63) is 11.9 Å². The summed E-state index contributed by atoms with van der Waals surface area (Å²) in [5.41, 5.74) is 6.79. The second kappa shape index (κ2) is 4.77. The molecule has 0 aromatic carbocycles. The molecule has 1 amide bonds. The lowest BCUT2D eigenvalue weighted by molar-refractivity contribution is 0.0598. The molecular formula is C12H20N4O. The molecule has 5 nitrogen and oxygen atoms in total. The van der Waals surface area contributed by atoms with E-state index in [0.717, 1.165) is 25.8 Å². The first-order valence-corrected chi connectivity index (χ1v) is 6.23. The number of amides is 1. The number of carbonyl (C=O) groups excluding carboxylic acids is 1. The monoisotopic (exact) mass is 236 g/mol. The van der Waals surface area contributed by atoms with E-state index in [2.05, 4.69) is 12.0 Å². The summed E-state index contributed by atoms with van der Waals surface area (Å²) in [7, 11) is 1.76. The Labute approximate surface area is 102 Å². The first-order valence-electron chi connectivity index (χ1n) is 6.23. The molecule has 2 rings (SSSR count). The Morgan fingerprint density at radius 1 is 1.59 bits per heavy atom. The summed E-state index contributed by atoms with van der Waals surface area (Å²) in [4.78, 5) is 14.4. The van der Waals surface area contributed by atoms with Crippen LogP contribution in [-0.2, 0) is 7.05 Å². The van der Waals surface area contributed by atoms with E-state index < -0.39 is 0 Å². The average Bonchev–Trinajstić information content (AvgIpc) is 2.68. The highest BCUT2D eigenvalue weighted by Crippen LogP contribution is 2.23. The van der Waals surface area contributed by atoms with Crippen LogP contribution in [0.4, 0.5) is 5.69 Å². The second-order valence-corrected chi connectivity index (χ2v) is 4.63. The van der Waals surface area contributed by atoms with Crippen LogP contribution in [0.5, 0.6) is 0 Å². The van der Waals surface area contributed by atoms with E-state index in [-0.39, 0.29) is 5.91 Å². The van der Waals surface area contributed by atoms with Crippen LogP contribution < -0.4 is 5.73 Å². The molecule has 0 radical (unpaired) electrons. The lowest BCUT2D eigenvalue weighted by atomic mass is 9.99. The Bertz CT molecular complexity index is 393. The molecule has 2 N–H and O–H groups in total. The van der Waals surface area contributed by atoms with Crippen molar-refractivity contribution < 1.29 is 4.79 Å². The lowest BCUT2D eigenvalue weighted by Crippen LogP contribution is -2.44. The van der Waals surface area contributed by atoms with Crippen molar-refractivity contribution in [1.82, 2.24) is 14.7 Å². The first kappa shape index (κ1) is 12.0. The molecule has 1 aromatic rings. The number of carbonyl (C=O) groups is 1. The predicted molar refractivity (Wildman–Crippen MR) is 66.6 cm³/mol. The summed E-state index contributed by atoms with van der Waals surface area (Å²) < 4.78 is 1.57. The van der Waals surface area contributed by atoms with Gasteiger partial charge in [-0.25, -0.2) is 0 Å². The van der Waals surface area contributed by atoms with Crippen LogP contribution in [0.1, 0.15) is 43.1 Å². The van der Waals surface area contributed by atoms with E-state index in [0.29, 0.717) is 17.4 Å². The molecule has 0 bridgehead atoms. The van der Waals surface area contributed by atoms with E-state index in [9.17, 15) is 4.79 Å². The van der Waals surface area contributed by atoms with Gasteiger partial charge in [-0.1, -0.05) is 6.92 Å². The van der Waals surface area contributed by atoms with Crippen molar-refractivity contribution >= 4 is 11.6 Å². The predicted octanol–water partition coefficient (Wildman–Crippen LogP) is 1.41. The minimum absolute atomic E-state index is 0.0223. The van der Waals surface area contributed by atoms with Gasteiger partial charge in [-0.05, 0) is 25.7 Å². The summed E-state index contributed by atoms with van der Waals surface area (Å²) in [6.45, 7) is 2.96. The maximum atomic E-state index is 12.5. The van der Waals surface area contributed by atoms with Gasteiger partial charge in [0.25, 0.3) is 5.91 Å². The van der Waals surface area contributed by atoms with Crippen molar-refractivity contribution in [2.75, 3.05) is 12.3 Å². The van der Waals surface area contributed by atoms with Crippen LogP contribution in [0.25, 0.3) is 0 Å². The van der Waals surface area contributed by atoms with Gasteiger partial charge in [0.15, 0.2) is 0 Å². The third-order valence-corrected chi connectivity index (χ3v) is 3.53. The number of likely N-dealkylation sites (tertiary alicyclic amines) is 1. The Morgan fingerprint density at radius 2 is 2.35 bits per heavy atom. The van der Waals surface area contributed by atoms with Crippen molar-refractivity contribution in [3.8, 4) is 0 Å². The maximum absolute atomic E-state index is 12.5. The molecule has 17 heavy (non-hydrogen) atoms. The van der Waals surface area contributed by atoms with Gasteiger partial charge in [0.1, 0.15) is 5.69 Å². The smallest absolute Gasteiger partial charge is 0.274 e. The number of aryl methyl sites for hydroxylation is 1. The van der Waals surface area contributed by atoms with Gasteiger partial charge in [-0.15, -0.1) is 0 Å². The highest BCUT2D eigenvalue weighted by Gasteiger charge is 2.29. The highest BCUT2D eigenvalue weighted by atomic mass is 16.2. The number of nitrogens with zero attached hydrogens (tertiary/aromatic N) is 3. The number of piperidine rings is 1. The molecule has 1 aliphatic rings. The topological polar surface area (TPSA) is 64.2 Å². The molecule has 1 aromatic heterocycles. The molecule has 2 heterocycles. The molecule has 1 aliphatic heterocycles. The Hall–Kier alpha value is -1.52. The fourth-order valence-corrected chi connectivity index (χ4v) is 2.54. The van der Waals surface area contributed by atoms with Crippen molar-refractivity contribution in [1.29, 1.82) is 0 Å². The molecule has 5 heteroatoms. The Balaban J connectivity index is 2.24. The molecular weight excluding hydrogens is 216 g/mol. The molecule has 1 atom stereocenters.